The van der Waals surface area contributed by atoms with Crippen LogP contribution in [0, 0.1) is 0 Å². The number of rotatable bonds is 6. The maximum atomic E-state index is 5.99. The van der Waals surface area contributed by atoms with Crippen molar-refractivity contribution >= 4 is 28.5 Å². The second kappa shape index (κ2) is 8.08. The number of nitrogens with one attached hydrogen (secondary N) is 1. The Balaban J connectivity index is 1.46. The second-order valence-electron chi connectivity index (χ2n) is 5.76. The first-order chi connectivity index (χ1) is 11.3. The highest BCUT2D eigenvalue weighted by molar-refractivity contribution is 7.14. The van der Waals surface area contributed by atoms with Gasteiger partial charge in [-0.25, -0.2) is 4.98 Å². The highest BCUT2D eigenvalue weighted by atomic mass is 32.1. The Morgan fingerprint density at radius 1 is 1.26 bits per heavy atom. The van der Waals surface area contributed by atoms with Crippen molar-refractivity contribution in [2.45, 2.75) is 44.8 Å². The zero-order valence-corrected chi connectivity index (χ0v) is 13.9. The summed E-state index contributed by atoms with van der Waals surface area (Å²) in [6.45, 7) is 0.693. The maximum absolute atomic E-state index is 5.99. The Morgan fingerprint density at radius 2 is 2.04 bits per heavy atom. The van der Waals surface area contributed by atoms with Crippen LogP contribution in [0.2, 0.25) is 0 Å². The molecule has 6 heteroatoms. The summed E-state index contributed by atoms with van der Waals surface area (Å²) in [7, 11) is 0. The first-order valence-electron chi connectivity index (χ1n) is 8.00. The number of hydrazone groups is 1. The molecule has 122 valence electrons. The minimum atomic E-state index is 0.444. The van der Waals surface area contributed by atoms with Crippen LogP contribution in [0.4, 0.5) is 10.9 Å². The van der Waals surface area contributed by atoms with E-state index in [1.54, 1.807) is 11.6 Å². The summed E-state index contributed by atoms with van der Waals surface area (Å²) in [6, 6.07) is 8.26. The third-order valence-corrected chi connectivity index (χ3v) is 4.68. The molecule has 1 aromatic carbocycles. The van der Waals surface area contributed by atoms with E-state index < -0.39 is 0 Å². The molecule has 1 aromatic heterocycles. The Bertz CT molecular complexity index is 632. The summed E-state index contributed by atoms with van der Waals surface area (Å²) >= 11 is 1.43. The Hall–Kier alpha value is -1.92. The van der Waals surface area contributed by atoms with E-state index in [2.05, 4.69) is 27.6 Å². The van der Waals surface area contributed by atoms with Crippen LogP contribution in [0.5, 0.6) is 0 Å². The van der Waals surface area contributed by atoms with E-state index in [0.29, 0.717) is 23.7 Å². The van der Waals surface area contributed by atoms with Crippen molar-refractivity contribution in [3.8, 4) is 0 Å². The predicted octanol–water partition coefficient (Wildman–Crippen LogP) is 4.02. The van der Waals surface area contributed by atoms with Crippen LogP contribution < -0.4 is 11.2 Å². The second-order valence-corrected chi connectivity index (χ2v) is 6.62. The molecular weight excluding hydrogens is 308 g/mol. The van der Waals surface area contributed by atoms with Crippen LogP contribution >= 0.6 is 11.3 Å². The van der Waals surface area contributed by atoms with Gasteiger partial charge in [-0.1, -0.05) is 43.5 Å². The number of benzene rings is 1. The third kappa shape index (κ3) is 5.04. The lowest BCUT2D eigenvalue weighted by Crippen LogP contribution is -2.16. The zero-order chi connectivity index (χ0) is 15.9. The minimum Gasteiger partial charge on any atom is -0.383 e. The lowest BCUT2D eigenvalue weighted by Gasteiger charge is -2.22. The van der Waals surface area contributed by atoms with Gasteiger partial charge in [-0.05, 0) is 24.0 Å². The molecule has 0 atom stereocenters. The van der Waals surface area contributed by atoms with Crippen LogP contribution in [0.3, 0.4) is 0 Å². The highest BCUT2D eigenvalue weighted by Crippen LogP contribution is 2.21. The van der Waals surface area contributed by atoms with E-state index in [1.165, 1.54) is 49.0 Å². The zero-order valence-electron chi connectivity index (χ0n) is 13.1. The van der Waals surface area contributed by atoms with E-state index in [-0.39, 0.29) is 0 Å². The average Bonchev–Trinajstić information content (AvgIpc) is 3.00. The van der Waals surface area contributed by atoms with E-state index in [1.807, 2.05) is 12.1 Å². The molecule has 0 bridgehead atoms. The van der Waals surface area contributed by atoms with Crippen molar-refractivity contribution in [2.75, 3.05) is 11.2 Å². The molecule has 3 N–H and O–H groups in total. The molecular formula is C17H22N4OS. The van der Waals surface area contributed by atoms with Gasteiger partial charge in [0.15, 0.2) is 0 Å². The monoisotopic (exact) mass is 330 g/mol. The molecule has 1 fully saturated rings. The first-order valence-corrected chi connectivity index (χ1v) is 8.88. The van der Waals surface area contributed by atoms with Gasteiger partial charge in [-0.15, -0.1) is 11.3 Å². The first kappa shape index (κ1) is 16.0. The highest BCUT2D eigenvalue weighted by Gasteiger charge is 2.13. The number of hydrogen-bond acceptors (Lipinski definition) is 6. The molecule has 23 heavy (non-hydrogen) atoms. The lowest BCUT2D eigenvalue weighted by molar-refractivity contribution is 0.0169. The quantitative estimate of drug-likeness (QED) is 0.620. The van der Waals surface area contributed by atoms with Gasteiger partial charge in [0.1, 0.15) is 5.82 Å². The van der Waals surface area contributed by atoms with Crippen molar-refractivity contribution in [1.29, 1.82) is 0 Å². The molecule has 1 aliphatic rings. The van der Waals surface area contributed by atoms with Gasteiger partial charge in [-0.3, -0.25) is 5.43 Å². The molecule has 3 rings (SSSR count). The number of thiazole rings is 1. The number of nitrogens with two attached hydrogens (primary N) is 1. The van der Waals surface area contributed by atoms with Gasteiger partial charge >= 0.3 is 0 Å². The van der Waals surface area contributed by atoms with E-state index in [9.17, 15) is 0 Å². The van der Waals surface area contributed by atoms with E-state index >= 15 is 0 Å². The normalized spacial score (nSPS) is 16.0. The summed E-state index contributed by atoms with van der Waals surface area (Å²) in [5.41, 5.74) is 10.7. The largest absolute Gasteiger partial charge is 0.383 e. The molecule has 1 aliphatic carbocycles. The van der Waals surface area contributed by atoms with Crippen LogP contribution in [-0.2, 0) is 11.3 Å². The van der Waals surface area contributed by atoms with Crippen LogP contribution in [0.15, 0.2) is 34.7 Å². The fraction of sp³-hybridized carbons (Fsp3) is 0.412. The maximum Gasteiger partial charge on any atom is 0.205 e. The standard InChI is InChI=1S/C17H22N4OS/c18-16-12-23-17(20-16)21-19-10-13-6-8-14(9-7-13)11-22-15-4-2-1-3-5-15/h6-10,12,15H,1-5,11,18H2,(H,20,21). The summed E-state index contributed by atoms with van der Waals surface area (Å²) in [5, 5.41) is 6.63. The van der Waals surface area contributed by atoms with Crippen molar-refractivity contribution in [2.24, 2.45) is 5.10 Å². The number of nitrogen functional groups attached to an aromatic ring is 1. The van der Waals surface area contributed by atoms with Crippen molar-refractivity contribution in [3.63, 3.8) is 0 Å². The number of hydrogen-bond donors (Lipinski definition) is 2. The topological polar surface area (TPSA) is 72.5 Å². The molecule has 2 aromatic rings. The fourth-order valence-corrected chi connectivity index (χ4v) is 3.19. The average molecular weight is 330 g/mol. The third-order valence-electron chi connectivity index (χ3n) is 3.91. The SMILES string of the molecule is Nc1csc(NN=Cc2ccc(COC3CCCCC3)cc2)n1. The van der Waals surface area contributed by atoms with Gasteiger partial charge in [0.25, 0.3) is 0 Å². The van der Waals surface area contributed by atoms with E-state index in [4.69, 9.17) is 10.5 Å². The molecule has 0 unspecified atom stereocenters. The molecule has 0 radical (unpaired) electrons. The van der Waals surface area contributed by atoms with Crippen molar-refractivity contribution in [1.82, 2.24) is 4.98 Å². The minimum absolute atomic E-state index is 0.444. The molecule has 5 nitrogen and oxygen atoms in total. The molecule has 0 spiro atoms. The fourth-order valence-electron chi connectivity index (χ4n) is 2.65. The van der Waals surface area contributed by atoms with Gasteiger partial charge in [0.2, 0.25) is 5.13 Å². The number of nitrogens with zero attached hydrogens (tertiary/aromatic N) is 2. The Kier molecular flexibility index (Phi) is 5.60. The van der Waals surface area contributed by atoms with Crippen LogP contribution in [0.25, 0.3) is 0 Å². The number of anilines is 2. The van der Waals surface area contributed by atoms with Crippen molar-refractivity contribution in [3.05, 3.63) is 40.8 Å². The van der Waals surface area contributed by atoms with Crippen LogP contribution in [-0.4, -0.2) is 17.3 Å². The molecule has 0 aliphatic heterocycles. The molecule has 0 amide bonds. The van der Waals surface area contributed by atoms with Gasteiger partial charge in [-0.2, -0.15) is 5.10 Å². The summed E-state index contributed by atoms with van der Waals surface area (Å²) < 4.78 is 5.99. The number of ether oxygens (including phenoxy) is 1. The molecule has 1 heterocycles. The predicted molar refractivity (Wildman–Crippen MR) is 95.8 cm³/mol. The van der Waals surface area contributed by atoms with Crippen LogP contribution in [0.1, 0.15) is 43.2 Å². The van der Waals surface area contributed by atoms with Crippen molar-refractivity contribution < 1.29 is 4.74 Å². The van der Waals surface area contributed by atoms with E-state index in [0.717, 1.165) is 5.56 Å². The Labute approximate surface area is 140 Å². The Morgan fingerprint density at radius 3 is 2.74 bits per heavy atom. The van der Waals surface area contributed by atoms with Gasteiger partial charge < -0.3 is 10.5 Å². The summed E-state index contributed by atoms with van der Waals surface area (Å²) in [5.74, 6) is 0.509. The number of aromatic nitrogens is 1. The summed E-state index contributed by atoms with van der Waals surface area (Å²) in [4.78, 5) is 4.08. The summed E-state index contributed by atoms with van der Waals surface area (Å²) in [6.07, 6.45) is 8.59. The smallest absolute Gasteiger partial charge is 0.205 e. The molecule has 1 saturated carbocycles. The lowest BCUT2D eigenvalue weighted by atomic mass is 9.98. The molecule has 0 saturated heterocycles. The van der Waals surface area contributed by atoms with Gasteiger partial charge in [0, 0.05) is 5.38 Å². The van der Waals surface area contributed by atoms with Gasteiger partial charge in [0.05, 0.1) is 18.9 Å².